The molecule has 0 spiro atoms. The van der Waals surface area contributed by atoms with Gasteiger partial charge in [0.1, 0.15) is 17.4 Å². The van der Waals surface area contributed by atoms with E-state index in [9.17, 15) is 9.18 Å². The van der Waals surface area contributed by atoms with Crippen LogP contribution in [0, 0.1) is 5.82 Å². The number of carbonyl (C=O) groups excluding carboxylic acids is 1. The predicted molar refractivity (Wildman–Crippen MR) is 133 cm³/mol. The maximum Gasteiger partial charge on any atom is 0.254 e. The monoisotopic (exact) mass is 476 g/mol. The number of rotatable bonds is 6. The highest BCUT2D eigenvalue weighted by Crippen LogP contribution is 2.35. The van der Waals surface area contributed by atoms with Gasteiger partial charge < -0.3 is 26.0 Å². The Hall–Kier alpha value is -3.72. The van der Waals surface area contributed by atoms with E-state index in [-0.39, 0.29) is 17.4 Å². The third-order valence-electron chi connectivity index (χ3n) is 6.76. The molecule has 9 heteroatoms. The molecule has 2 aromatic carbocycles. The summed E-state index contributed by atoms with van der Waals surface area (Å²) in [4.78, 5) is 23.3. The Morgan fingerprint density at radius 3 is 2.86 bits per heavy atom. The number of aryl methyl sites for hydroxylation is 1. The zero-order valence-corrected chi connectivity index (χ0v) is 19.9. The third-order valence-corrected chi connectivity index (χ3v) is 6.76. The van der Waals surface area contributed by atoms with E-state index in [1.54, 1.807) is 19.2 Å². The molecule has 2 heterocycles. The SMILES string of the molecule is COc1cc2c(cc1Nc1ncc(C(N)=O)c(N[C@@H]3CCCc4cc(F)ccc43)n1)CN(C)CC2. The second kappa shape index (κ2) is 9.50. The lowest BCUT2D eigenvalue weighted by Crippen LogP contribution is -2.26. The number of aromatic nitrogens is 2. The van der Waals surface area contributed by atoms with Gasteiger partial charge in [-0.2, -0.15) is 4.98 Å². The highest BCUT2D eigenvalue weighted by molar-refractivity contribution is 5.97. The molecule has 8 nitrogen and oxygen atoms in total. The molecule has 1 aliphatic heterocycles. The molecule has 1 aliphatic carbocycles. The number of nitrogens with one attached hydrogen (secondary N) is 2. The van der Waals surface area contributed by atoms with Gasteiger partial charge in [-0.25, -0.2) is 9.37 Å². The zero-order valence-electron chi connectivity index (χ0n) is 19.9. The first kappa shape index (κ1) is 23.0. The van der Waals surface area contributed by atoms with Crippen molar-refractivity contribution < 1.29 is 13.9 Å². The Morgan fingerprint density at radius 2 is 2.06 bits per heavy atom. The molecular formula is C26H29FN6O2. The summed E-state index contributed by atoms with van der Waals surface area (Å²) in [5, 5.41) is 6.62. The van der Waals surface area contributed by atoms with E-state index >= 15 is 0 Å². The maximum atomic E-state index is 13.7. The zero-order chi connectivity index (χ0) is 24.5. The number of methoxy groups -OCH3 is 1. The molecule has 0 bridgehead atoms. The van der Waals surface area contributed by atoms with Crippen LogP contribution >= 0.6 is 0 Å². The Kier molecular flexibility index (Phi) is 6.25. The van der Waals surface area contributed by atoms with Crippen molar-refractivity contribution >= 4 is 23.4 Å². The van der Waals surface area contributed by atoms with E-state index in [2.05, 4.69) is 44.7 Å². The number of nitrogens with zero attached hydrogens (tertiary/aromatic N) is 3. The van der Waals surface area contributed by atoms with Crippen LogP contribution in [0.15, 0.2) is 36.5 Å². The molecule has 1 atom stereocenters. The van der Waals surface area contributed by atoms with Crippen molar-refractivity contribution in [2.24, 2.45) is 5.73 Å². The van der Waals surface area contributed by atoms with Gasteiger partial charge in [-0.05, 0) is 79.3 Å². The molecule has 182 valence electrons. The summed E-state index contributed by atoms with van der Waals surface area (Å²) < 4.78 is 19.4. The lowest BCUT2D eigenvalue weighted by Gasteiger charge is -2.27. The number of ether oxygens (including phenoxy) is 1. The highest BCUT2D eigenvalue weighted by atomic mass is 19.1. The number of carbonyl (C=O) groups is 1. The second-order valence-electron chi connectivity index (χ2n) is 9.19. The topological polar surface area (TPSA) is 105 Å². The largest absolute Gasteiger partial charge is 0.495 e. The van der Waals surface area contributed by atoms with Crippen LogP contribution in [0.3, 0.4) is 0 Å². The van der Waals surface area contributed by atoms with Crippen LogP contribution in [-0.4, -0.2) is 41.5 Å². The highest BCUT2D eigenvalue weighted by Gasteiger charge is 2.24. The summed E-state index contributed by atoms with van der Waals surface area (Å²) >= 11 is 0. The number of anilines is 3. The minimum atomic E-state index is -0.622. The maximum absolute atomic E-state index is 13.7. The number of likely N-dealkylation sites (N-methyl/N-ethyl adjacent to an activating group) is 1. The fraction of sp³-hybridized carbons (Fsp3) is 0.346. The van der Waals surface area contributed by atoms with E-state index in [1.807, 2.05) is 0 Å². The minimum absolute atomic E-state index is 0.117. The van der Waals surface area contributed by atoms with Crippen molar-refractivity contribution in [1.29, 1.82) is 0 Å². The number of amides is 1. The second-order valence-corrected chi connectivity index (χ2v) is 9.19. The van der Waals surface area contributed by atoms with Gasteiger partial charge in [0.25, 0.3) is 5.91 Å². The molecule has 0 unspecified atom stereocenters. The van der Waals surface area contributed by atoms with Gasteiger partial charge in [0, 0.05) is 19.3 Å². The van der Waals surface area contributed by atoms with Crippen molar-refractivity contribution in [2.75, 3.05) is 31.3 Å². The van der Waals surface area contributed by atoms with Crippen molar-refractivity contribution in [3.05, 3.63) is 70.2 Å². The molecule has 0 fully saturated rings. The molecule has 0 saturated carbocycles. The molecule has 0 saturated heterocycles. The van der Waals surface area contributed by atoms with Crippen LogP contribution in [0.25, 0.3) is 0 Å². The standard InChI is InChI=1S/C26H29FN6O2/c1-33-9-8-15-12-23(35-2)22(11-17(15)14-33)31-26-29-13-20(24(28)34)25(32-26)30-21-5-3-4-16-10-18(27)6-7-19(16)21/h6-7,10-13,21H,3-5,8-9,14H2,1-2H3,(H2,28,34)(H2,29,30,31,32)/t21-/m1/s1. The number of halogens is 1. The summed E-state index contributed by atoms with van der Waals surface area (Å²) in [6.07, 6.45) is 4.94. The summed E-state index contributed by atoms with van der Waals surface area (Å²) in [6, 6.07) is 8.83. The first-order valence-corrected chi connectivity index (χ1v) is 11.8. The molecule has 3 aromatic rings. The molecule has 1 amide bonds. The van der Waals surface area contributed by atoms with Crippen LogP contribution in [0.4, 0.5) is 21.8 Å². The lowest BCUT2D eigenvalue weighted by molar-refractivity contribution is 0.100. The fourth-order valence-electron chi connectivity index (χ4n) is 4.95. The van der Waals surface area contributed by atoms with Crippen molar-refractivity contribution in [2.45, 2.75) is 38.3 Å². The Labute approximate surface area is 203 Å². The average Bonchev–Trinajstić information content (AvgIpc) is 2.83. The van der Waals surface area contributed by atoms with Gasteiger partial charge in [-0.15, -0.1) is 0 Å². The van der Waals surface area contributed by atoms with Gasteiger partial charge in [0.05, 0.1) is 24.4 Å². The van der Waals surface area contributed by atoms with Crippen LogP contribution in [-0.2, 0) is 19.4 Å². The summed E-state index contributed by atoms with van der Waals surface area (Å²) in [6.45, 7) is 1.86. The Balaban J connectivity index is 1.46. The van der Waals surface area contributed by atoms with E-state index in [0.717, 1.165) is 55.6 Å². The first-order valence-electron chi connectivity index (χ1n) is 11.8. The predicted octanol–water partition coefficient (Wildman–Crippen LogP) is 3.94. The normalized spacial score (nSPS) is 17.3. The summed E-state index contributed by atoms with van der Waals surface area (Å²) in [5.74, 6) is 0.488. The molecule has 1 aromatic heterocycles. The van der Waals surface area contributed by atoms with Crippen LogP contribution in [0.1, 0.15) is 51.5 Å². The quantitative estimate of drug-likeness (QED) is 0.495. The number of fused-ring (bicyclic) bond motifs is 2. The van der Waals surface area contributed by atoms with Gasteiger partial charge in [-0.3, -0.25) is 4.79 Å². The smallest absolute Gasteiger partial charge is 0.254 e. The van der Waals surface area contributed by atoms with E-state index < -0.39 is 5.91 Å². The van der Waals surface area contributed by atoms with Gasteiger partial charge in [0.15, 0.2) is 0 Å². The van der Waals surface area contributed by atoms with Crippen molar-refractivity contribution in [3.63, 3.8) is 0 Å². The van der Waals surface area contributed by atoms with Crippen LogP contribution in [0.2, 0.25) is 0 Å². The van der Waals surface area contributed by atoms with Gasteiger partial charge in [-0.1, -0.05) is 6.07 Å². The van der Waals surface area contributed by atoms with Crippen LogP contribution < -0.4 is 21.1 Å². The summed E-state index contributed by atoms with van der Waals surface area (Å²) in [7, 11) is 3.73. The fourth-order valence-corrected chi connectivity index (χ4v) is 4.95. The van der Waals surface area contributed by atoms with Crippen molar-refractivity contribution in [1.82, 2.24) is 14.9 Å². The van der Waals surface area contributed by atoms with Crippen molar-refractivity contribution in [3.8, 4) is 5.75 Å². The number of nitrogens with two attached hydrogens (primary N) is 1. The third kappa shape index (κ3) is 4.77. The minimum Gasteiger partial charge on any atom is -0.495 e. The first-order chi connectivity index (χ1) is 16.9. The van der Waals surface area contributed by atoms with Gasteiger partial charge in [0.2, 0.25) is 5.95 Å². The number of hydrogen-bond donors (Lipinski definition) is 3. The average molecular weight is 477 g/mol. The van der Waals surface area contributed by atoms with E-state index in [0.29, 0.717) is 17.5 Å². The molecule has 5 rings (SSSR count). The van der Waals surface area contributed by atoms with E-state index in [4.69, 9.17) is 10.5 Å². The van der Waals surface area contributed by atoms with E-state index in [1.165, 1.54) is 23.4 Å². The molecule has 35 heavy (non-hydrogen) atoms. The number of benzene rings is 2. The molecule has 0 radical (unpaired) electrons. The van der Waals surface area contributed by atoms with Gasteiger partial charge >= 0.3 is 0 Å². The molecule has 2 aliphatic rings. The lowest BCUT2D eigenvalue weighted by atomic mass is 9.87. The van der Waals surface area contributed by atoms with Crippen LogP contribution in [0.5, 0.6) is 5.75 Å². The molecular weight excluding hydrogens is 447 g/mol. The Morgan fingerprint density at radius 1 is 1.20 bits per heavy atom. The number of hydrogen-bond acceptors (Lipinski definition) is 7. The summed E-state index contributed by atoms with van der Waals surface area (Å²) in [5.41, 5.74) is 11.0. The number of primary amides is 1. The molecule has 4 N–H and O–H groups in total. The Bertz CT molecular complexity index is 1280.